The van der Waals surface area contributed by atoms with Crippen molar-refractivity contribution in [1.82, 2.24) is 4.90 Å². The molecule has 102 valence electrons. The largest absolute Gasteiger partial charge is 0.329 e. The number of rotatable bonds is 5. The molecule has 0 amide bonds. The molecule has 3 heteroatoms. The second kappa shape index (κ2) is 5.94. The van der Waals surface area contributed by atoms with Crippen molar-refractivity contribution in [3.8, 4) is 0 Å². The lowest BCUT2D eigenvalue weighted by molar-refractivity contribution is 0.0901. The van der Waals surface area contributed by atoms with Crippen molar-refractivity contribution >= 4 is 11.8 Å². The molecule has 2 nitrogen and oxygen atoms in total. The summed E-state index contributed by atoms with van der Waals surface area (Å²) in [5, 5.41) is 0. The van der Waals surface area contributed by atoms with Crippen LogP contribution in [0.5, 0.6) is 0 Å². The molecule has 17 heavy (non-hydrogen) atoms. The van der Waals surface area contributed by atoms with Crippen LogP contribution in [0, 0.1) is 5.92 Å². The summed E-state index contributed by atoms with van der Waals surface area (Å²) in [6, 6.07) is 0. The van der Waals surface area contributed by atoms with Crippen LogP contribution in [0.15, 0.2) is 0 Å². The standard InChI is InChI=1S/C14H30N2S/c1-12(2)6-7-14(5,10-15)16-8-9-17-13(3,4)11-16/h12H,6-11,15H2,1-5H3. The predicted molar refractivity (Wildman–Crippen MR) is 79.6 cm³/mol. The van der Waals surface area contributed by atoms with E-state index in [1.54, 1.807) is 0 Å². The van der Waals surface area contributed by atoms with Gasteiger partial charge in [0.05, 0.1) is 0 Å². The summed E-state index contributed by atoms with van der Waals surface area (Å²) >= 11 is 2.09. The molecule has 0 aromatic carbocycles. The van der Waals surface area contributed by atoms with Gasteiger partial charge in [0.2, 0.25) is 0 Å². The van der Waals surface area contributed by atoms with E-state index in [2.05, 4.69) is 51.3 Å². The summed E-state index contributed by atoms with van der Waals surface area (Å²) in [5.41, 5.74) is 6.26. The van der Waals surface area contributed by atoms with E-state index < -0.39 is 0 Å². The second-order valence-corrected chi connectivity index (χ2v) is 8.47. The van der Waals surface area contributed by atoms with Crippen LogP contribution in [0.4, 0.5) is 0 Å². The first-order chi connectivity index (χ1) is 7.79. The van der Waals surface area contributed by atoms with Crippen LogP contribution in [-0.4, -0.2) is 40.6 Å². The highest BCUT2D eigenvalue weighted by Gasteiger charge is 2.37. The minimum atomic E-state index is 0.197. The first-order valence-electron chi connectivity index (χ1n) is 6.88. The monoisotopic (exact) mass is 258 g/mol. The van der Waals surface area contributed by atoms with Gasteiger partial charge in [-0.05, 0) is 39.5 Å². The minimum Gasteiger partial charge on any atom is -0.329 e. The SMILES string of the molecule is CC(C)CCC(C)(CN)N1CCSC(C)(C)C1. The van der Waals surface area contributed by atoms with E-state index >= 15 is 0 Å². The quantitative estimate of drug-likeness (QED) is 0.822. The summed E-state index contributed by atoms with van der Waals surface area (Å²) in [6.07, 6.45) is 2.50. The van der Waals surface area contributed by atoms with E-state index in [1.807, 2.05) is 0 Å². The number of hydrogen-bond acceptors (Lipinski definition) is 3. The molecule has 1 rings (SSSR count). The van der Waals surface area contributed by atoms with E-state index in [0.717, 1.165) is 12.5 Å². The summed E-state index contributed by atoms with van der Waals surface area (Å²) in [6.45, 7) is 14.8. The molecule has 2 N–H and O–H groups in total. The van der Waals surface area contributed by atoms with E-state index in [9.17, 15) is 0 Å². The molecular weight excluding hydrogens is 228 g/mol. The molecule has 0 saturated carbocycles. The Morgan fingerprint density at radius 2 is 2.06 bits per heavy atom. The molecule has 0 radical (unpaired) electrons. The highest BCUT2D eigenvalue weighted by atomic mass is 32.2. The normalized spacial score (nSPS) is 24.9. The lowest BCUT2D eigenvalue weighted by atomic mass is 9.89. The van der Waals surface area contributed by atoms with Crippen LogP contribution in [0.3, 0.4) is 0 Å². The van der Waals surface area contributed by atoms with E-state index in [4.69, 9.17) is 5.73 Å². The predicted octanol–water partition coefficient (Wildman–Crippen LogP) is 2.97. The second-order valence-electron chi connectivity index (χ2n) is 6.66. The zero-order valence-electron chi connectivity index (χ0n) is 12.3. The first kappa shape index (κ1) is 15.3. The van der Waals surface area contributed by atoms with E-state index in [1.165, 1.54) is 31.7 Å². The van der Waals surface area contributed by atoms with Crippen molar-refractivity contribution in [2.75, 3.05) is 25.4 Å². The molecule has 1 saturated heterocycles. The Morgan fingerprint density at radius 3 is 2.53 bits per heavy atom. The number of thioether (sulfide) groups is 1. The molecule has 0 aromatic heterocycles. The van der Waals surface area contributed by atoms with Gasteiger partial charge in [-0.1, -0.05) is 13.8 Å². The Hall–Kier alpha value is 0.270. The average Bonchev–Trinajstić information content (AvgIpc) is 2.24. The number of nitrogens with two attached hydrogens (primary N) is 1. The number of nitrogens with zero attached hydrogens (tertiary/aromatic N) is 1. The third kappa shape index (κ3) is 4.46. The highest BCUT2D eigenvalue weighted by Crippen LogP contribution is 2.34. The van der Waals surface area contributed by atoms with Gasteiger partial charge in [-0.25, -0.2) is 0 Å². The molecule has 0 aliphatic carbocycles. The van der Waals surface area contributed by atoms with Crippen molar-refractivity contribution in [2.24, 2.45) is 11.7 Å². The molecule has 1 unspecified atom stereocenters. The molecule has 0 bridgehead atoms. The Kier molecular flexibility index (Phi) is 5.36. The van der Waals surface area contributed by atoms with Gasteiger partial charge in [0, 0.05) is 35.7 Å². The molecular formula is C14H30N2S. The van der Waals surface area contributed by atoms with Crippen LogP contribution in [0.2, 0.25) is 0 Å². The zero-order valence-corrected chi connectivity index (χ0v) is 13.1. The molecule has 1 fully saturated rings. The summed E-state index contributed by atoms with van der Waals surface area (Å²) in [7, 11) is 0. The fraction of sp³-hybridized carbons (Fsp3) is 1.00. The van der Waals surface area contributed by atoms with E-state index in [-0.39, 0.29) is 5.54 Å². The fourth-order valence-corrected chi connectivity index (χ4v) is 3.58. The third-order valence-corrected chi connectivity index (χ3v) is 5.19. The zero-order chi connectivity index (χ0) is 13.1. The van der Waals surface area contributed by atoms with Gasteiger partial charge < -0.3 is 5.73 Å². The maximum absolute atomic E-state index is 6.06. The van der Waals surface area contributed by atoms with Gasteiger partial charge in [-0.15, -0.1) is 0 Å². The fourth-order valence-electron chi connectivity index (χ4n) is 2.47. The topological polar surface area (TPSA) is 29.3 Å². The van der Waals surface area contributed by atoms with Gasteiger partial charge >= 0.3 is 0 Å². The summed E-state index contributed by atoms with van der Waals surface area (Å²) in [4.78, 5) is 2.63. The van der Waals surface area contributed by atoms with Crippen LogP contribution in [-0.2, 0) is 0 Å². The van der Waals surface area contributed by atoms with Crippen molar-refractivity contribution in [3.63, 3.8) is 0 Å². The highest BCUT2D eigenvalue weighted by molar-refractivity contribution is 8.00. The third-order valence-electron chi connectivity index (χ3n) is 3.89. The van der Waals surface area contributed by atoms with E-state index in [0.29, 0.717) is 4.75 Å². The maximum atomic E-state index is 6.06. The summed E-state index contributed by atoms with van der Waals surface area (Å²) in [5.74, 6) is 2.01. The van der Waals surface area contributed by atoms with Gasteiger partial charge in [-0.3, -0.25) is 4.90 Å². The van der Waals surface area contributed by atoms with Crippen molar-refractivity contribution < 1.29 is 0 Å². The van der Waals surface area contributed by atoms with Crippen molar-refractivity contribution in [1.29, 1.82) is 0 Å². The van der Waals surface area contributed by atoms with Crippen LogP contribution < -0.4 is 5.73 Å². The minimum absolute atomic E-state index is 0.197. The molecule has 1 aliphatic rings. The Balaban J connectivity index is 2.64. The first-order valence-corrected chi connectivity index (χ1v) is 7.87. The Labute approximate surface area is 112 Å². The van der Waals surface area contributed by atoms with Gasteiger partial charge in [0.15, 0.2) is 0 Å². The molecule has 0 aromatic rings. The van der Waals surface area contributed by atoms with Crippen LogP contribution in [0.25, 0.3) is 0 Å². The summed E-state index contributed by atoms with van der Waals surface area (Å²) < 4.78 is 0.381. The molecule has 1 heterocycles. The average molecular weight is 258 g/mol. The molecule has 1 atom stereocenters. The van der Waals surface area contributed by atoms with Crippen molar-refractivity contribution in [2.45, 2.75) is 57.7 Å². The molecule has 0 spiro atoms. The molecule has 1 aliphatic heterocycles. The van der Waals surface area contributed by atoms with Gasteiger partial charge in [-0.2, -0.15) is 11.8 Å². The Bertz CT molecular complexity index is 240. The Morgan fingerprint density at radius 1 is 1.41 bits per heavy atom. The van der Waals surface area contributed by atoms with Gasteiger partial charge in [0.1, 0.15) is 0 Å². The lowest BCUT2D eigenvalue weighted by Crippen LogP contribution is -2.58. The number of hydrogen-bond donors (Lipinski definition) is 1. The maximum Gasteiger partial charge on any atom is 0.0304 e. The van der Waals surface area contributed by atoms with Crippen LogP contribution >= 0.6 is 11.8 Å². The van der Waals surface area contributed by atoms with Gasteiger partial charge in [0.25, 0.3) is 0 Å². The van der Waals surface area contributed by atoms with Crippen molar-refractivity contribution in [3.05, 3.63) is 0 Å². The smallest absolute Gasteiger partial charge is 0.0304 e. The lowest BCUT2D eigenvalue weighted by Gasteiger charge is -2.48. The van der Waals surface area contributed by atoms with Crippen LogP contribution in [0.1, 0.15) is 47.5 Å².